The number of carbonyl (C=O) groups is 1. The summed E-state index contributed by atoms with van der Waals surface area (Å²) >= 11 is 0. The van der Waals surface area contributed by atoms with Crippen LogP contribution < -0.4 is 0 Å². The standard InChI is InChI=1S/C13H20O2/c1-13(2)8-10(14)12(15)11(13)9-6-4-3-5-7-9/h9,15H,3-8H2,1-2H3. The van der Waals surface area contributed by atoms with E-state index in [0.29, 0.717) is 12.3 Å². The van der Waals surface area contributed by atoms with E-state index in [1.165, 1.54) is 19.3 Å². The molecule has 2 aliphatic rings. The summed E-state index contributed by atoms with van der Waals surface area (Å²) in [6.07, 6.45) is 6.58. The molecule has 1 fully saturated rings. The van der Waals surface area contributed by atoms with Crippen molar-refractivity contribution >= 4 is 5.78 Å². The normalized spacial score (nSPS) is 27.5. The average Bonchev–Trinajstić information content (AvgIpc) is 2.37. The van der Waals surface area contributed by atoms with Crippen molar-refractivity contribution in [3.05, 3.63) is 11.3 Å². The Bertz CT molecular complexity index is 306. The minimum Gasteiger partial charge on any atom is -0.504 e. The first-order chi connectivity index (χ1) is 7.02. The van der Waals surface area contributed by atoms with Crippen molar-refractivity contribution in [1.82, 2.24) is 0 Å². The van der Waals surface area contributed by atoms with Gasteiger partial charge in [0, 0.05) is 6.42 Å². The van der Waals surface area contributed by atoms with Crippen LogP contribution in [0.2, 0.25) is 0 Å². The highest BCUT2D eigenvalue weighted by Gasteiger charge is 2.42. The van der Waals surface area contributed by atoms with Gasteiger partial charge in [-0.05, 0) is 29.7 Å². The van der Waals surface area contributed by atoms with Crippen LogP contribution in [0.25, 0.3) is 0 Å². The maximum atomic E-state index is 11.5. The van der Waals surface area contributed by atoms with Gasteiger partial charge in [0.15, 0.2) is 11.5 Å². The highest BCUT2D eigenvalue weighted by atomic mass is 16.3. The van der Waals surface area contributed by atoms with E-state index in [-0.39, 0.29) is 17.0 Å². The van der Waals surface area contributed by atoms with Gasteiger partial charge in [0.25, 0.3) is 0 Å². The lowest BCUT2D eigenvalue weighted by molar-refractivity contribution is -0.117. The summed E-state index contributed by atoms with van der Waals surface area (Å²) in [5.74, 6) is 0.493. The Balaban J connectivity index is 2.28. The molecule has 0 unspecified atom stereocenters. The van der Waals surface area contributed by atoms with Gasteiger partial charge in [-0.25, -0.2) is 0 Å². The number of carbonyl (C=O) groups excluding carboxylic acids is 1. The van der Waals surface area contributed by atoms with Crippen LogP contribution in [-0.2, 0) is 4.79 Å². The van der Waals surface area contributed by atoms with Crippen LogP contribution in [0.3, 0.4) is 0 Å². The molecule has 1 saturated carbocycles. The third-order valence-corrected chi connectivity index (χ3v) is 3.86. The van der Waals surface area contributed by atoms with Crippen molar-refractivity contribution in [2.24, 2.45) is 11.3 Å². The smallest absolute Gasteiger partial charge is 0.197 e. The van der Waals surface area contributed by atoms with E-state index in [1.54, 1.807) is 0 Å². The molecule has 0 bridgehead atoms. The van der Waals surface area contributed by atoms with Gasteiger partial charge in [0.1, 0.15) is 0 Å². The molecular weight excluding hydrogens is 188 g/mol. The molecule has 0 radical (unpaired) electrons. The first-order valence-electron chi connectivity index (χ1n) is 5.99. The van der Waals surface area contributed by atoms with E-state index in [1.807, 2.05) is 0 Å². The van der Waals surface area contributed by atoms with Crippen LogP contribution in [-0.4, -0.2) is 10.9 Å². The van der Waals surface area contributed by atoms with Gasteiger partial charge in [-0.15, -0.1) is 0 Å². The summed E-state index contributed by atoms with van der Waals surface area (Å²) in [4.78, 5) is 11.5. The molecule has 0 aromatic carbocycles. The number of hydrogen-bond acceptors (Lipinski definition) is 2. The van der Waals surface area contributed by atoms with Crippen molar-refractivity contribution in [1.29, 1.82) is 0 Å². The summed E-state index contributed by atoms with van der Waals surface area (Å²) in [7, 11) is 0. The molecule has 0 amide bonds. The predicted octanol–water partition coefficient (Wildman–Crippen LogP) is 3.38. The number of hydrogen-bond donors (Lipinski definition) is 1. The number of rotatable bonds is 1. The summed E-state index contributed by atoms with van der Waals surface area (Å²) in [5, 5.41) is 9.88. The summed E-state index contributed by atoms with van der Waals surface area (Å²) in [6, 6.07) is 0. The highest BCUT2D eigenvalue weighted by Crippen LogP contribution is 2.47. The van der Waals surface area contributed by atoms with E-state index in [2.05, 4.69) is 13.8 Å². The van der Waals surface area contributed by atoms with E-state index in [4.69, 9.17) is 0 Å². The van der Waals surface area contributed by atoms with E-state index >= 15 is 0 Å². The van der Waals surface area contributed by atoms with Crippen molar-refractivity contribution in [2.45, 2.75) is 52.4 Å². The SMILES string of the molecule is CC1(C)CC(=O)C(O)=C1C1CCCCC1. The average molecular weight is 208 g/mol. The minimum absolute atomic E-state index is 0.0550. The molecule has 15 heavy (non-hydrogen) atoms. The Labute approximate surface area is 91.4 Å². The fourth-order valence-corrected chi connectivity index (χ4v) is 3.19. The summed E-state index contributed by atoms with van der Waals surface area (Å²) in [6.45, 7) is 4.16. The molecule has 0 aromatic heterocycles. The van der Waals surface area contributed by atoms with Crippen LogP contribution in [0.5, 0.6) is 0 Å². The number of aliphatic hydroxyl groups excluding tert-OH is 1. The minimum atomic E-state index is -0.108. The number of allylic oxidation sites excluding steroid dienone is 2. The zero-order valence-electron chi connectivity index (χ0n) is 9.68. The molecule has 0 heterocycles. The Kier molecular flexibility index (Phi) is 2.61. The predicted molar refractivity (Wildman–Crippen MR) is 59.6 cm³/mol. The quantitative estimate of drug-likeness (QED) is 0.717. The lowest BCUT2D eigenvalue weighted by atomic mass is 9.73. The van der Waals surface area contributed by atoms with Crippen LogP contribution in [0.1, 0.15) is 52.4 Å². The van der Waals surface area contributed by atoms with Crippen molar-refractivity contribution in [3.8, 4) is 0 Å². The van der Waals surface area contributed by atoms with Gasteiger partial charge in [0.05, 0.1) is 0 Å². The molecule has 0 atom stereocenters. The van der Waals surface area contributed by atoms with Gasteiger partial charge in [-0.3, -0.25) is 4.79 Å². The summed E-state index contributed by atoms with van der Waals surface area (Å²) < 4.78 is 0. The zero-order valence-corrected chi connectivity index (χ0v) is 9.68. The Morgan fingerprint density at radius 2 is 1.80 bits per heavy atom. The van der Waals surface area contributed by atoms with E-state index in [0.717, 1.165) is 18.4 Å². The van der Waals surface area contributed by atoms with Gasteiger partial charge < -0.3 is 5.11 Å². The Morgan fingerprint density at radius 3 is 2.27 bits per heavy atom. The fourth-order valence-electron chi connectivity index (χ4n) is 3.19. The second kappa shape index (κ2) is 3.66. The van der Waals surface area contributed by atoms with Gasteiger partial charge in [0.2, 0.25) is 0 Å². The lowest BCUT2D eigenvalue weighted by Crippen LogP contribution is -2.20. The van der Waals surface area contributed by atoms with Gasteiger partial charge in [-0.2, -0.15) is 0 Å². The topological polar surface area (TPSA) is 37.3 Å². The number of ketones is 1. The third kappa shape index (κ3) is 1.82. The maximum Gasteiger partial charge on any atom is 0.197 e. The first-order valence-corrected chi connectivity index (χ1v) is 5.99. The van der Waals surface area contributed by atoms with Crippen molar-refractivity contribution in [3.63, 3.8) is 0 Å². The highest BCUT2D eigenvalue weighted by molar-refractivity contribution is 5.97. The third-order valence-electron chi connectivity index (χ3n) is 3.86. The molecule has 0 aromatic rings. The monoisotopic (exact) mass is 208 g/mol. The zero-order chi connectivity index (χ0) is 11.1. The molecule has 0 aliphatic heterocycles. The van der Waals surface area contributed by atoms with Gasteiger partial charge in [-0.1, -0.05) is 33.1 Å². The Morgan fingerprint density at radius 1 is 1.20 bits per heavy atom. The largest absolute Gasteiger partial charge is 0.504 e. The van der Waals surface area contributed by atoms with Crippen molar-refractivity contribution < 1.29 is 9.90 Å². The molecule has 2 rings (SSSR count). The van der Waals surface area contributed by atoms with Gasteiger partial charge >= 0.3 is 0 Å². The van der Waals surface area contributed by atoms with E-state index in [9.17, 15) is 9.90 Å². The molecule has 0 saturated heterocycles. The molecule has 2 aliphatic carbocycles. The molecular formula is C13H20O2. The fraction of sp³-hybridized carbons (Fsp3) is 0.769. The second-order valence-corrected chi connectivity index (χ2v) is 5.58. The summed E-state index contributed by atoms with van der Waals surface area (Å²) in [5.41, 5.74) is 0.940. The second-order valence-electron chi connectivity index (χ2n) is 5.58. The van der Waals surface area contributed by atoms with E-state index < -0.39 is 0 Å². The number of aliphatic hydroxyl groups is 1. The molecule has 2 nitrogen and oxygen atoms in total. The lowest BCUT2D eigenvalue weighted by Gasteiger charge is -2.31. The van der Waals surface area contributed by atoms with Crippen LogP contribution in [0, 0.1) is 11.3 Å². The van der Waals surface area contributed by atoms with Crippen LogP contribution in [0.4, 0.5) is 0 Å². The molecule has 1 N–H and O–H groups in total. The molecule has 0 spiro atoms. The number of Topliss-reactive ketones (excluding diaryl/α,β-unsaturated/α-hetero) is 1. The Hall–Kier alpha value is -0.790. The molecule has 84 valence electrons. The molecule has 2 heteroatoms. The van der Waals surface area contributed by atoms with Crippen molar-refractivity contribution in [2.75, 3.05) is 0 Å². The maximum absolute atomic E-state index is 11.5. The first kappa shape index (κ1) is 10.7. The van der Waals surface area contributed by atoms with Crippen LogP contribution in [0.15, 0.2) is 11.3 Å². The van der Waals surface area contributed by atoms with Crippen LogP contribution >= 0.6 is 0 Å².